The Bertz CT molecular complexity index is 365. The summed E-state index contributed by atoms with van der Waals surface area (Å²) in [4.78, 5) is 11.9. The fraction of sp³-hybridized carbons (Fsp3) is 0.944. The minimum atomic E-state index is -0.00231. The number of carbonyl (C=O) groups is 1. The summed E-state index contributed by atoms with van der Waals surface area (Å²) in [6.07, 6.45) is 10.1. The molecule has 3 aliphatic rings. The Morgan fingerprint density at radius 2 is 2.04 bits per heavy atom. The second kappa shape index (κ2) is 8.88. The van der Waals surface area contributed by atoms with E-state index >= 15 is 0 Å². The van der Waals surface area contributed by atoms with Crippen LogP contribution in [0.4, 0.5) is 4.79 Å². The van der Waals surface area contributed by atoms with Crippen LogP contribution in [0, 0.1) is 17.8 Å². The predicted octanol–water partition coefficient (Wildman–Crippen LogP) is 2.70. The summed E-state index contributed by atoms with van der Waals surface area (Å²) in [5.41, 5.74) is 0. The van der Waals surface area contributed by atoms with Crippen LogP contribution >= 0.6 is 0 Å². The van der Waals surface area contributed by atoms with Crippen LogP contribution in [-0.4, -0.2) is 45.0 Å². The van der Waals surface area contributed by atoms with E-state index in [9.17, 15) is 4.79 Å². The lowest BCUT2D eigenvalue weighted by atomic mass is 9.85. The summed E-state index contributed by atoms with van der Waals surface area (Å²) in [5, 5.41) is 6.08. The van der Waals surface area contributed by atoms with Crippen LogP contribution in [0.1, 0.15) is 51.4 Å². The normalized spacial score (nSPS) is 31.0. The summed E-state index contributed by atoms with van der Waals surface area (Å²) >= 11 is 0. The first kappa shape index (κ1) is 17.0. The van der Waals surface area contributed by atoms with Crippen LogP contribution in [0.3, 0.4) is 0 Å². The highest BCUT2D eigenvalue weighted by Crippen LogP contribution is 2.44. The summed E-state index contributed by atoms with van der Waals surface area (Å²) in [6.45, 7) is 3.90. The highest BCUT2D eigenvalue weighted by molar-refractivity contribution is 5.74. The van der Waals surface area contributed by atoms with E-state index in [4.69, 9.17) is 9.47 Å². The molecule has 0 radical (unpaired) electrons. The summed E-state index contributed by atoms with van der Waals surface area (Å²) in [6, 6.07) is 0.425. The van der Waals surface area contributed by atoms with E-state index in [1.807, 2.05) is 0 Å². The standard InChI is InChI=1S/C18H32N2O3/c21-18(19-8-4-9-22-12-14-7-10-23-13-14)20-17-11-16(17)15-5-2-1-3-6-15/h14-17H,1-13H2,(H2,19,20,21)/t14-,16-,17-/m0/s1. The number of hydrogen-bond donors (Lipinski definition) is 2. The van der Waals surface area contributed by atoms with E-state index in [2.05, 4.69) is 10.6 Å². The van der Waals surface area contributed by atoms with Gasteiger partial charge in [-0.05, 0) is 31.1 Å². The van der Waals surface area contributed by atoms with E-state index in [0.717, 1.165) is 44.5 Å². The van der Waals surface area contributed by atoms with Gasteiger partial charge >= 0.3 is 6.03 Å². The van der Waals surface area contributed by atoms with Gasteiger partial charge in [0.2, 0.25) is 0 Å². The number of nitrogens with one attached hydrogen (secondary N) is 2. The monoisotopic (exact) mass is 324 g/mol. The second-order valence-electron chi connectivity index (χ2n) is 7.46. The molecule has 3 fully saturated rings. The van der Waals surface area contributed by atoms with Crippen molar-refractivity contribution in [1.82, 2.24) is 10.6 Å². The molecule has 2 N–H and O–H groups in total. The third-order valence-electron chi connectivity index (χ3n) is 5.54. The van der Waals surface area contributed by atoms with Gasteiger partial charge in [0.15, 0.2) is 0 Å². The Hall–Kier alpha value is -0.810. The van der Waals surface area contributed by atoms with Gasteiger partial charge in [0.1, 0.15) is 0 Å². The van der Waals surface area contributed by atoms with Crippen LogP contribution in [0.15, 0.2) is 0 Å². The zero-order valence-corrected chi connectivity index (χ0v) is 14.2. The van der Waals surface area contributed by atoms with Crippen molar-refractivity contribution < 1.29 is 14.3 Å². The Morgan fingerprint density at radius 3 is 2.83 bits per heavy atom. The molecule has 3 rings (SSSR count). The lowest BCUT2D eigenvalue weighted by Crippen LogP contribution is -2.38. The van der Waals surface area contributed by atoms with E-state index < -0.39 is 0 Å². The van der Waals surface area contributed by atoms with Gasteiger partial charge in [0.05, 0.1) is 13.2 Å². The topological polar surface area (TPSA) is 59.6 Å². The van der Waals surface area contributed by atoms with E-state index in [1.54, 1.807) is 0 Å². The number of urea groups is 1. The third-order valence-corrected chi connectivity index (χ3v) is 5.54. The van der Waals surface area contributed by atoms with Crippen molar-refractivity contribution in [2.45, 2.75) is 57.4 Å². The van der Waals surface area contributed by atoms with E-state index in [0.29, 0.717) is 25.1 Å². The van der Waals surface area contributed by atoms with Crippen LogP contribution in [0.25, 0.3) is 0 Å². The van der Waals surface area contributed by atoms with Gasteiger partial charge in [0, 0.05) is 31.7 Å². The number of carbonyl (C=O) groups excluding carboxylic acids is 1. The van der Waals surface area contributed by atoms with E-state index in [-0.39, 0.29) is 6.03 Å². The summed E-state index contributed by atoms with van der Waals surface area (Å²) in [5.74, 6) is 2.18. The number of rotatable bonds is 8. The highest BCUT2D eigenvalue weighted by atomic mass is 16.5. The maximum Gasteiger partial charge on any atom is 0.315 e. The van der Waals surface area contributed by atoms with Crippen LogP contribution in [0.5, 0.6) is 0 Å². The molecule has 3 atom stereocenters. The molecule has 2 aliphatic carbocycles. The summed E-state index contributed by atoms with van der Waals surface area (Å²) < 4.78 is 11.0. The number of hydrogen-bond acceptors (Lipinski definition) is 3. The zero-order valence-electron chi connectivity index (χ0n) is 14.2. The van der Waals surface area contributed by atoms with Crippen molar-refractivity contribution in [3.05, 3.63) is 0 Å². The lowest BCUT2D eigenvalue weighted by Gasteiger charge is -2.21. The first-order valence-corrected chi connectivity index (χ1v) is 9.53. The van der Waals surface area contributed by atoms with Crippen molar-refractivity contribution in [3.63, 3.8) is 0 Å². The molecule has 0 spiro atoms. The molecule has 0 aromatic rings. The van der Waals surface area contributed by atoms with Gasteiger partial charge in [-0.15, -0.1) is 0 Å². The molecule has 1 heterocycles. The summed E-state index contributed by atoms with van der Waals surface area (Å²) in [7, 11) is 0. The Labute approximate surface area is 139 Å². The molecule has 1 saturated heterocycles. The first-order valence-electron chi connectivity index (χ1n) is 9.53. The average molecular weight is 324 g/mol. The molecule has 2 amide bonds. The maximum atomic E-state index is 11.9. The predicted molar refractivity (Wildman–Crippen MR) is 89.4 cm³/mol. The number of ether oxygens (including phenoxy) is 2. The largest absolute Gasteiger partial charge is 0.381 e. The molecule has 0 unspecified atom stereocenters. The molecule has 2 saturated carbocycles. The van der Waals surface area contributed by atoms with Gasteiger partial charge in [-0.2, -0.15) is 0 Å². The molecule has 0 bridgehead atoms. The quantitative estimate of drug-likeness (QED) is 0.675. The van der Waals surface area contributed by atoms with Gasteiger partial charge in [-0.1, -0.05) is 32.1 Å². The van der Waals surface area contributed by atoms with Crippen LogP contribution in [-0.2, 0) is 9.47 Å². The van der Waals surface area contributed by atoms with Crippen molar-refractivity contribution >= 4 is 6.03 Å². The highest BCUT2D eigenvalue weighted by Gasteiger charge is 2.43. The fourth-order valence-corrected chi connectivity index (χ4v) is 4.02. The minimum Gasteiger partial charge on any atom is -0.381 e. The molecule has 1 aliphatic heterocycles. The third kappa shape index (κ3) is 5.64. The van der Waals surface area contributed by atoms with Crippen molar-refractivity contribution in [2.24, 2.45) is 17.8 Å². The van der Waals surface area contributed by atoms with Crippen LogP contribution < -0.4 is 10.6 Å². The van der Waals surface area contributed by atoms with Gasteiger partial charge < -0.3 is 20.1 Å². The molecule has 0 aromatic carbocycles. The molecule has 0 aromatic heterocycles. The first-order chi connectivity index (χ1) is 11.3. The fourth-order valence-electron chi connectivity index (χ4n) is 4.02. The second-order valence-corrected chi connectivity index (χ2v) is 7.46. The maximum absolute atomic E-state index is 11.9. The van der Waals surface area contributed by atoms with Crippen LogP contribution in [0.2, 0.25) is 0 Å². The smallest absolute Gasteiger partial charge is 0.315 e. The Balaban J connectivity index is 1.17. The Kier molecular flexibility index (Phi) is 6.57. The van der Waals surface area contributed by atoms with Crippen molar-refractivity contribution in [3.8, 4) is 0 Å². The molecule has 5 heteroatoms. The van der Waals surface area contributed by atoms with E-state index in [1.165, 1.54) is 38.5 Å². The molecular weight excluding hydrogens is 292 g/mol. The zero-order chi connectivity index (χ0) is 15.9. The minimum absolute atomic E-state index is 0.00231. The van der Waals surface area contributed by atoms with Gasteiger partial charge in [-0.3, -0.25) is 0 Å². The SMILES string of the molecule is O=C(NCCCOC[C@@H]1CCOC1)N[C@H]1C[C@H]1C1CCCCC1. The van der Waals surface area contributed by atoms with Crippen molar-refractivity contribution in [1.29, 1.82) is 0 Å². The molecular formula is C18H32N2O3. The molecule has 23 heavy (non-hydrogen) atoms. The lowest BCUT2D eigenvalue weighted by molar-refractivity contribution is 0.0885. The number of amides is 2. The molecule has 5 nitrogen and oxygen atoms in total. The van der Waals surface area contributed by atoms with Crippen molar-refractivity contribution in [2.75, 3.05) is 33.0 Å². The van der Waals surface area contributed by atoms with Gasteiger partial charge in [-0.25, -0.2) is 4.79 Å². The Morgan fingerprint density at radius 1 is 1.17 bits per heavy atom. The molecule has 132 valence electrons. The van der Waals surface area contributed by atoms with Gasteiger partial charge in [0.25, 0.3) is 0 Å². The average Bonchev–Trinajstić information content (AvgIpc) is 3.13.